The molecular formula is C4H10O5Sr. The first kappa shape index (κ1) is 13.4. The second kappa shape index (κ2) is 6.54. The van der Waals surface area contributed by atoms with E-state index < -0.39 is 24.8 Å². The first-order valence-corrected chi connectivity index (χ1v) is 2.29. The predicted molar refractivity (Wildman–Crippen MR) is 35.3 cm³/mol. The van der Waals surface area contributed by atoms with Crippen molar-refractivity contribution < 1.29 is 25.2 Å². The number of rotatable bonds is 3. The molecule has 0 aliphatic carbocycles. The maximum absolute atomic E-state index is 9.78. The molecule has 2 atom stereocenters. The Labute approximate surface area is 94.6 Å². The summed E-state index contributed by atoms with van der Waals surface area (Å²) in [6.07, 6.45) is -3.49. The van der Waals surface area contributed by atoms with Crippen molar-refractivity contribution in [2.75, 3.05) is 6.61 Å². The van der Waals surface area contributed by atoms with Crippen molar-refractivity contribution >= 4 is 51.5 Å². The predicted octanol–water partition coefficient (Wildman–Crippen LogP) is -3.13. The van der Waals surface area contributed by atoms with Crippen molar-refractivity contribution in [2.45, 2.75) is 12.2 Å². The zero-order chi connectivity index (χ0) is 7.44. The van der Waals surface area contributed by atoms with Gasteiger partial charge < -0.3 is 20.4 Å². The molecule has 4 N–H and O–H groups in total. The Hall–Kier alpha value is 0.831. The van der Waals surface area contributed by atoms with E-state index in [-0.39, 0.29) is 45.5 Å². The number of carboxylic acid groups (broad SMARTS) is 1. The van der Waals surface area contributed by atoms with Gasteiger partial charge in [0.05, 0.1) is 6.61 Å². The van der Waals surface area contributed by atoms with E-state index in [9.17, 15) is 4.79 Å². The summed E-state index contributed by atoms with van der Waals surface area (Å²) in [4.78, 5) is 9.78. The summed E-state index contributed by atoms with van der Waals surface area (Å²) in [6.45, 7) is -0.756. The molecule has 0 bridgehead atoms. The Morgan fingerprint density at radius 2 is 1.80 bits per heavy atom. The van der Waals surface area contributed by atoms with Gasteiger partial charge in [-0.2, -0.15) is 0 Å². The molecule has 0 aromatic heterocycles. The van der Waals surface area contributed by atoms with E-state index in [1.165, 1.54) is 0 Å². The summed E-state index contributed by atoms with van der Waals surface area (Å²) >= 11 is 0. The Bertz CT molecular complexity index is 106. The third-order valence-electron chi connectivity index (χ3n) is 0.805. The molecule has 0 aromatic carbocycles. The average molecular weight is 226 g/mol. The van der Waals surface area contributed by atoms with Gasteiger partial charge in [-0.15, -0.1) is 0 Å². The summed E-state index contributed by atoms with van der Waals surface area (Å²) in [6, 6.07) is 0. The van der Waals surface area contributed by atoms with Crippen molar-refractivity contribution in [1.82, 2.24) is 0 Å². The van der Waals surface area contributed by atoms with Crippen LogP contribution < -0.4 is 0 Å². The molecule has 0 saturated heterocycles. The molecule has 0 aromatic rings. The summed E-state index contributed by atoms with van der Waals surface area (Å²) in [7, 11) is 0. The Morgan fingerprint density at radius 1 is 1.40 bits per heavy atom. The van der Waals surface area contributed by atoms with Gasteiger partial charge in [0.25, 0.3) is 0 Å². The Kier molecular flexibility index (Phi) is 8.77. The van der Waals surface area contributed by atoms with E-state index in [0.717, 1.165) is 0 Å². The number of carboxylic acids is 1. The van der Waals surface area contributed by atoms with E-state index in [0.29, 0.717) is 0 Å². The molecule has 5 nitrogen and oxygen atoms in total. The van der Waals surface area contributed by atoms with Crippen LogP contribution in [0.5, 0.6) is 0 Å². The monoisotopic (exact) mass is 226 g/mol. The van der Waals surface area contributed by atoms with Crippen LogP contribution in [0, 0.1) is 0 Å². The summed E-state index contributed by atoms with van der Waals surface area (Å²) in [5.74, 6) is -1.54. The molecule has 0 spiro atoms. The van der Waals surface area contributed by atoms with E-state index in [1.54, 1.807) is 0 Å². The zero-order valence-corrected chi connectivity index (χ0v) is 4.56. The molecule has 58 valence electrons. The van der Waals surface area contributed by atoms with Gasteiger partial charge in [-0.1, -0.05) is 0 Å². The van der Waals surface area contributed by atoms with Gasteiger partial charge in [0, 0.05) is 0 Å². The van der Waals surface area contributed by atoms with Crippen LogP contribution in [0.15, 0.2) is 0 Å². The molecule has 0 aliphatic heterocycles. The number of aliphatic hydroxyl groups excluding tert-OH is 3. The van der Waals surface area contributed by atoms with E-state index in [2.05, 4.69) is 0 Å². The van der Waals surface area contributed by atoms with Crippen molar-refractivity contribution in [2.24, 2.45) is 0 Å². The molecule has 0 rings (SSSR count). The van der Waals surface area contributed by atoms with Crippen molar-refractivity contribution in [3.8, 4) is 0 Å². The minimum absolute atomic E-state index is 0. The number of aliphatic carboxylic acids is 1. The van der Waals surface area contributed by atoms with Crippen molar-refractivity contribution in [3.05, 3.63) is 0 Å². The number of hydrogen-bond donors (Lipinski definition) is 4. The fourth-order valence-corrected chi connectivity index (χ4v) is 0.264. The number of carbonyl (C=O) groups is 1. The van der Waals surface area contributed by atoms with Crippen LogP contribution >= 0.6 is 0 Å². The van der Waals surface area contributed by atoms with Gasteiger partial charge in [0.15, 0.2) is 6.10 Å². The number of hydrogen-bond acceptors (Lipinski definition) is 4. The average Bonchev–Trinajstić information content (AvgIpc) is 1.84. The van der Waals surface area contributed by atoms with E-state index >= 15 is 0 Å². The van der Waals surface area contributed by atoms with Gasteiger partial charge >= 0.3 is 51.5 Å². The normalized spacial score (nSPS) is 15.1. The molecule has 0 radical (unpaired) electrons. The molecule has 0 amide bonds. The fraction of sp³-hybridized carbons (Fsp3) is 0.750. The molecule has 0 fully saturated rings. The molecule has 0 heterocycles. The van der Waals surface area contributed by atoms with E-state index in [1.807, 2.05) is 0 Å². The first-order chi connectivity index (χ1) is 4.09. The van der Waals surface area contributed by atoms with Crippen LogP contribution in [0.1, 0.15) is 0 Å². The quantitative estimate of drug-likeness (QED) is 0.381. The topological polar surface area (TPSA) is 98.0 Å². The van der Waals surface area contributed by atoms with Crippen LogP contribution in [-0.4, -0.2) is 90.7 Å². The van der Waals surface area contributed by atoms with Gasteiger partial charge in [0.1, 0.15) is 6.10 Å². The van der Waals surface area contributed by atoms with Gasteiger partial charge in [0.2, 0.25) is 0 Å². The molecule has 10 heavy (non-hydrogen) atoms. The van der Waals surface area contributed by atoms with E-state index in [4.69, 9.17) is 20.4 Å². The van der Waals surface area contributed by atoms with Crippen molar-refractivity contribution in [3.63, 3.8) is 0 Å². The van der Waals surface area contributed by atoms with Crippen molar-refractivity contribution in [1.29, 1.82) is 0 Å². The fourth-order valence-electron chi connectivity index (χ4n) is 0.264. The molecule has 0 aliphatic rings. The third kappa shape index (κ3) is 4.62. The van der Waals surface area contributed by atoms with Crippen LogP contribution in [0.2, 0.25) is 0 Å². The second-order valence-corrected chi connectivity index (χ2v) is 1.53. The first-order valence-electron chi connectivity index (χ1n) is 2.29. The molecule has 6 heteroatoms. The van der Waals surface area contributed by atoms with Crippen LogP contribution in [0.3, 0.4) is 0 Å². The zero-order valence-electron chi connectivity index (χ0n) is 4.56. The summed E-state index contributed by atoms with van der Waals surface area (Å²) in [5.41, 5.74) is 0. The second-order valence-electron chi connectivity index (χ2n) is 1.53. The van der Waals surface area contributed by atoms with Gasteiger partial charge in [-0.3, -0.25) is 0 Å². The van der Waals surface area contributed by atoms with Gasteiger partial charge in [-0.05, 0) is 0 Å². The minimum atomic E-state index is -1.89. The standard InChI is InChI=1S/C4H8O5.Sr.2H/c5-1-2(6)3(7)4(8)9;;;/h2-3,5-7H,1H2,(H,8,9);;;. The van der Waals surface area contributed by atoms with Gasteiger partial charge in [-0.25, -0.2) is 4.79 Å². The molecule has 2 unspecified atom stereocenters. The van der Waals surface area contributed by atoms with Crippen LogP contribution in [0.25, 0.3) is 0 Å². The maximum atomic E-state index is 9.78. The Balaban J connectivity index is 0. The molecule has 0 saturated carbocycles. The summed E-state index contributed by atoms with van der Waals surface area (Å²) < 4.78 is 0. The van der Waals surface area contributed by atoms with Crippen LogP contribution in [0.4, 0.5) is 0 Å². The van der Waals surface area contributed by atoms with Crippen LogP contribution in [-0.2, 0) is 4.79 Å². The Morgan fingerprint density at radius 3 is 1.90 bits per heavy atom. The SMILES string of the molecule is O=C(O)C(O)C(O)CO.[SrH2]. The molecular weight excluding hydrogens is 216 g/mol. The third-order valence-corrected chi connectivity index (χ3v) is 0.805. The summed E-state index contributed by atoms with van der Waals surface area (Å²) in [5, 5.41) is 32.8. The number of aliphatic hydroxyl groups is 3.